The molecule has 1 saturated heterocycles. The van der Waals surface area contributed by atoms with Gasteiger partial charge in [-0.2, -0.15) is 0 Å². The number of aliphatic hydroxyl groups is 1. The number of hydrogen-bond donors (Lipinski definition) is 3. The van der Waals surface area contributed by atoms with E-state index in [1.54, 1.807) is 36.4 Å². The topological polar surface area (TPSA) is 121 Å². The van der Waals surface area contributed by atoms with Gasteiger partial charge in [-0.15, -0.1) is 0 Å². The molecule has 208 valence electrons. The van der Waals surface area contributed by atoms with Gasteiger partial charge in [0.25, 0.3) is 0 Å². The first kappa shape index (κ1) is 28.2. The molecule has 2 fully saturated rings. The predicted octanol–water partition coefficient (Wildman–Crippen LogP) is 5.99. The van der Waals surface area contributed by atoms with Crippen LogP contribution in [0.3, 0.4) is 0 Å². The summed E-state index contributed by atoms with van der Waals surface area (Å²) in [7, 11) is 0. The summed E-state index contributed by atoms with van der Waals surface area (Å²) >= 11 is 19.2. The van der Waals surface area contributed by atoms with Gasteiger partial charge in [0.2, 0.25) is 0 Å². The number of nitrogens with two attached hydrogens (primary N) is 1. The molecule has 0 spiro atoms. The number of benzene rings is 2. The lowest BCUT2D eigenvalue weighted by atomic mass is 9.86. The minimum Gasteiger partial charge on any atom is -0.487 e. The van der Waals surface area contributed by atoms with Crippen LogP contribution in [0.4, 0.5) is 15.9 Å². The molecular weight excluding hydrogens is 582 g/mol. The van der Waals surface area contributed by atoms with E-state index >= 15 is 0 Å². The van der Waals surface area contributed by atoms with E-state index < -0.39 is 17.4 Å². The van der Waals surface area contributed by atoms with Gasteiger partial charge in [-0.25, -0.2) is 19.2 Å². The molecule has 0 bridgehead atoms. The third-order valence-electron chi connectivity index (χ3n) is 6.80. The van der Waals surface area contributed by atoms with Crippen LogP contribution in [0.5, 0.6) is 5.75 Å². The zero-order valence-electron chi connectivity index (χ0n) is 21.0. The molecule has 1 saturated carbocycles. The molecular formula is C28H24Cl3FN4O4. The monoisotopic (exact) mass is 604 g/mol. The number of aliphatic imine (C=N–C) groups is 1. The number of rotatable bonds is 9. The number of β-amino-alcohol motifs (C(OH)–C–C–N with tert-alkyl or cyclic N) is 1. The second-order valence-electron chi connectivity index (χ2n) is 9.68. The highest BCUT2D eigenvalue weighted by Gasteiger charge is 2.45. The van der Waals surface area contributed by atoms with Crippen molar-refractivity contribution >= 4 is 58.0 Å². The van der Waals surface area contributed by atoms with Crippen LogP contribution in [0.1, 0.15) is 28.8 Å². The van der Waals surface area contributed by atoms with E-state index in [0.29, 0.717) is 32.8 Å². The number of ether oxygens (including phenoxy) is 1. The van der Waals surface area contributed by atoms with Crippen molar-refractivity contribution in [1.82, 2.24) is 4.98 Å². The van der Waals surface area contributed by atoms with Crippen LogP contribution in [0.2, 0.25) is 15.1 Å². The molecule has 0 unspecified atom stereocenters. The molecule has 2 heterocycles. The Morgan fingerprint density at radius 3 is 2.45 bits per heavy atom. The van der Waals surface area contributed by atoms with E-state index in [9.17, 15) is 14.3 Å². The number of anilines is 1. The SMILES string of the molecule is NC=C(C(COc1ccc(C2(O)CN(c3ncc(C(=O)O)cc3F)C2)c(Cl)c1)=Nc1c(Cl)cccc1Cl)C1CC1. The van der Waals surface area contributed by atoms with Crippen molar-refractivity contribution in [3.63, 3.8) is 0 Å². The molecule has 12 heteroatoms. The van der Waals surface area contributed by atoms with Gasteiger partial charge in [0.1, 0.15) is 23.6 Å². The van der Waals surface area contributed by atoms with Crippen LogP contribution in [0.15, 0.2) is 65.4 Å². The molecule has 0 atom stereocenters. The number of pyridine rings is 1. The normalized spacial score (nSPS) is 17.0. The van der Waals surface area contributed by atoms with Crippen molar-refractivity contribution in [2.45, 2.75) is 18.4 Å². The summed E-state index contributed by atoms with van der Waals surface area (Å²) in [6, 6.07) is 10.9. The summed E-state index contributed by atoms with van der Waals surface area (Å²) in [5.41, 5.74) is 6.65. The molecule has 2 aromatic carbocycles. The lowest BCUT2D eigenvalue weighted by molar-refractivity contribution is 0.00670. The molecule has 4 N–H and O–H groups in total. The number of para-hydroxylation sites is 1. The molecule has 1 aromatic heterocycles. The summed E-state index contributed by atoms with van der Waals surface area (Å²) in [5, 5.41) is 21.2. The standard InChI is InChI=1S/C28H24Cl3FN4O4/c29-20-2-1-3-21(30)25(20)35-24(18(10-33)15-4-5-15)12-40-17-6-7-19(22(31)9-17)28(39)13-36(14-28)26-23(32)8-16(11-34-26)27(37)38/h1-3,6-11,15,39H,4-5,12-14,33H2,(H,37,38). The fraction of sp³-hybridized carbons (Fsp3) is 0.250. The first-order valence-electron chi connectivity index (χ1n) is 12.3. The van der Waals surface area contributed by atoms with Gasteiger partial charge in [-0.05, 0) is 60.9 Å². The maximum absolute atomic E-state index is 14.4. The molecule has 2 aliphatic rings. The molecule has 5 rings (SSSR count). The quantitative estimate of drug-likeness (QED) is 0.256. The Balaban J connectivity index is 1.31. The number of carboxylic acid groups (broad SMARTS) is 1. The molecule has 3 aromatic rings. The molecule has 0 radical (unpaired) electrons. The largest absolute Gasteiger partial charge is 0.487 e. The Hall–Kier alpha value is -3.37. The number of carbonyl (C=O) groups is 1. The van der Waals surface area contributed by atoms with Crippen LogP contribution in [-0.4, -0.2) is 46.6 Å². The first-order valence-corrected chi connectivity index (χ1v) is 13.5. The predicted molar refractivity (Wildman–Crippen MR) is 153 cm³/mol. The van der Waals surface area contributed by atoms with Gasteiger partial charge in [-0.1, -0.05) is 46.9 Å². The zero-order chi connectivity index (χ0) is 28.6. The van der Waals surface area contributed by atoms with Crippen LogP contribution < -0.4 is 15.4 Å². The van der Waals surface area contributed by atoms with E-state index in [2.05, 4.69) is 4.98 Å². The summed E-state index contributed by atoms with van der Waals surface area (Å²) in [6.07, 6.45) is 4.60. The number of aromatic nitrogens is 1. The highest BCUT2D eigenvalue weighted by molar-refractivity contribution is 6.39. The van der Waals surface area contributed by atoms with Crippen LogP contribution in [0, 0.1) is 11.7 Å². The highest BCUT2D eigenvalue weighted by atomic mass is 35.5. The Morgan fingerprint density at radius 1 is 1.18 bits per heavy atom. The van der Waals surface area contributed by atoms with Crippen molar-refractivity contribution in [3.05, 3.63) is 92.4 Å². The van der Waals surface area contributed by atoms with Gasteiger partial charge >= 0.3 is 5.97 Å². The molecule has 1 aliphatic heterocycles. The van der Waals surface area contributed by atoms with Gasteiger partial charge < -0.3 is 25.6 Å². The highest BCUT2D eigenvalue weighted by Crippen LogP contribution is 2.41. The van der Waals surface area contributed by atoms with Crippen molar-refractivity contribution in [2.75, 3.05) is 24.6 Å². The third kappa shape index (κ3) is 5.74. The van der Waals surface area contributed by atoms with E-state index in [1.165, 1.54) is 11.1 Å². The van der Waals surface area contributed by atoms with E-state index in [-0.39, 0.29) is 42.0 Å². The second-order valence-corrected chi connectivity index (χ2v) is 10.9. The lowest BCUT2D eigenvalue weighted by Gasteiger charge is -2.47. The van der Waals surface area contributed by atoms with Gasteiger partial charge in [-0.3, -0.25) is 0 Å². The fourth-order valence-electron chi connectivity index (χ4n) is 4.57. The molecule has 40 heavy (non-hydrogen) atoms. The van der Waals surface area contributed by atoms with Gasteiger partial charge in [0.05, 0.1) is 39.4 Å². The molecule has 8 nitrogen and oxygen atoms in total. The van der Waals surface area contributed by atoms with E-state index in [0.717, 1.165) is 30.7 Å². The lowest BCUT2D eigenvalue weighted by Crippen LogP contribution is -2.60. The number of aromatic carboxylic acids is 1. The van der Waals surface area contributed by atoms with Gasteiger partial charge in [0, 0.05) is 11.8 Å². The Labute approximate surface area is 244 Å². The maximum atomic E-state index is 14.4. The number of halogens is 4. The smallest absolute Gasteiger partial charge is 0.337 e. The summed E-state index contributed by atoms with van der Waals surface area (Å²) in [5.74, 6) is -1.38. The number of nitrogens with zero attached hydrogens (tertiary/aromatic N) is 3. The summed E-state index contributed by atoms with van der Waals surface area (Å²) in [4.78, 5) is 21.1. The first-order chi connectivity index (χ1) is 19.1. The summed E-state index contributed by atoms with van der Waals surface area (Å²) in [6.45, 7) is 0.113. The molecule has 1 aliphatic carbocycles. The second kappa shape index (κ2) is 11.2. The van der Waals surface area contributed by atoms with E-state index in [4.69, 9.17) is 55.4 Å². The van der Waals surface area contributed by atoms with Crippen LogP contribution in [0.25, 0.3) is 0 Å². The van der Waals surface area contributed by atoms with Crippen molar-refractivity contribution in [3.8, 4) is 5.75 Å². The minimum atomic E-state index is -1.36. The molecule has 0 amide bonds. The average molecular weight is 606 g/mol. The third-order valence-corrected chi connectivity index (χ3v) is 7.73. The van der Waals surface area contributed by atoms with Crippen molar-refractivity contribution in [1.29, 1.82) is 0 Å². The van der Waals surface area contributed by atoms with Crippen LogP contribution >= 0.6 is 34.8 Å². The van der Waals surface area contributed by atoms with Gasteiger partial charge in [0.15, 0.2) is 11.6 Å². The van der Waals surface area contributed by atoms with Crippen molar-refractivity contribution < 1.29 is 24.1 Å². The van der Waals surface area contributed by atoms with Crippen molar-refractivity contribution in [2.24, 2.45) is 16.6 Å². The number of hydrogen-bond acceptors (Lipinski definition) is 7. The summed E-state index contributed by atoms with van der Waals surface area (Å²) < 4.78 is 20.4. The van der Waals surface area contributed by atoms with Crippen LogP contribution in [-0.2, 0) is 5.60 Å². The average Bonchev–Trinajstić information content (AvgIpc) is 3.73. The minimum absolute atomic E-state index is 0.0186. The Morgan fingerprint density at radius 2 is 1.88 bits per heavy atom. The fourth-order valence-corrected chi connectivity index (χ4v) is 5.40. The maximum Gasteiger partial charge on any atom is 0.337 e. The van der Waals surface area contributed by atoms with E-state index in [1.807, 2.05) is 0 Å². The zero-order valence-corrected chi connectivity index (χ0v) is 23.2. The number of carboxylic acids is 1. The Kier molecular flexibility index (Phi) is 7.92. The Bertz CT molecular complexity index is 1520.